The molecule has 4 nitrogen and oxygen atoms in total. The number of pyridine rings is 1. The van der Waals surface area contributed by atoms with Gasteiger partial charge in [0.15, 0.2) is 0 Å². The molecule has 0 bridgehead atoms. The molecule has 1 aliphatic rings. The Labute approximate surface area is 159 Å². The molecule has 0 saturated carbocycles. The zero-order valence-corrected chi connectivity index (χ0v) is 16.0. The number of fused-ring (bicyclic) bond motifs is 2. The maximum absolute atomic E-state index is 6.14. The number of hydrogen-bond donors (Lipinski definition) is 0. The zero-order chi connectivity index (χ0) is 17.4. The molecule has 1 aliphatic heterocycles. The lowest BCUT2D eigenvalue weighted by atomic mass is 10.0. The average Bonchev–Trinajstić information content (AvgIpc) is 2.67. The highest BCUT2D eigenvalue weighted by molar-refractivity contribution is 14.1. The number of rotatable bonds is 3. The first-order chi connectivity index (χ1) is 12.2. The molecule has 1 unspecified atom stereocenters. The predicted octanol–water partition coefficient (Wildman–Crippen LogP) is 5.18. The molecular formula is C20H16INO3. The fraction of sp³-hybridized carbons (Fsp3) is 0.150. The maximum Gasteiger partial charge on any atom is 0.228 e. The Morgan fingerprint density at radius 3 is 2.56 bits per heavy atom. The fourth-order valence-corrected chi connectivity index (χ4v) is 3.81. The van der Waals surface area contributed by atoms with Gasteiger partial charge in [-0.15, -0.1) is 0 Å². The van der Waals surface area contributed by atoms with Gasteiger partial charge in [-0.1, -0.05) is 30.3 Å². The van der Waals surface area contributed by atoms with E-state index in [4.69, 9.17) is 19.2 Å². The number of benzene rings is 2. The summed E-state index contributed by atoms with van der Waals surface area (Å²) in [6.07, 6.45) is -0.494. The van der Waals surface area contributed by atoms with Crippen molar-refractivity contribution in [2.75, 3.05) is 14.2 Å². The second-order valence-electron chi connectivity index (χ2n) is 5.68. The summed E-state index contributed by atoms with van der Waals surface area (Å²) in [6, 6.07) is 17.9. The lowest BCUT2D eigenvalue weighted by Crippen LogP contribution is -2.15. The van der Waals surface area contributed by atoms with Crippen molar-refractivity contribution >= 4 is 42.8 Å². The van der Waals surface area contributed by atoms with Gasteiger partial charge in [-0.2, -0.15) is 0 Å². The molecule has 2 heterocycles. The van der Waals surface area contributed by atoms with Gasteiger partial charge in [0.25, 0.3) is 0 Å². The average molecular weight is 445 g/mol. The Bertz CT molecular complexity index is 969. The number of halogens is 1. The normalized spacial score (nSPS) is 16.5. The Morgan fingerprint density at radius 2 is 1.84 bits per heavy atom. The summed E-state index contributed by atoms with van der Waals surface area (Å²) in [7, 11) is 3.30. The van der Waals surface area contributed by atoms with Gasteiger partial charge in [0.1, 0.15) is 11.5 Å². The zero-order valence-electron chi connectivity index (χ0n) is 13.8. The van der Waals surface area contributed by atoms with E-state index in [1.807, 2.05) is 48.5 Å². The molecule has 126 valence electrons. The standard InChI is InChI=1S/C20H16INO3/c1-23-14-8-9-16-13(10-14)11-15-18(22-16)17(21)19(25-20(15)24-2)12-6-4-3-5-7-12/h3-11,20H,1-2H3. The third-order valence-corrected chi connectivity index (χ3v) is 5.19. The number of nitrogens with zero attached hydrogens (tertiary/aromatic N) is 1. The van der Waals surface area contributed by atoms with Gasteiger partial charge in [0.05, 0.1) is 21.9 Å². The van der Waals surface area contributed by atoms with Crippen LogP contribution in [0, 0.1) is 0 Å². The molecule has 25 heavy (non-hydrogen) atoms. The van der Waals surface area contributed by atoms with E-state index in [0.717, 1.165) is 42.8 Å². The van der Waals surface area contributed by atoms with E-state index in [0.29, 0.717) is 0 Å². The first-order valence-electron chi connectivity index (χ1n) is 7.85. The van der Waals surface area contributed by atoms with Crippen molar-refractivity contribution < 1.29 is 14.2 Å². The van der Waals surface area contributed by atoms with E-state index >= 15 is 0 Å². The van der Waals surface area contributed by atoms with Crippen LogP contribution in [0.5, 0.6) is 5.75 Å². The number of ether oxygens (including phenoxy) is 3. The lowest BCUT2D eigenvalue weighted by molar-refractivity contribution is -0.0767. The Kier molecular flexibility index (Phi) is 4.35. The highest BCUT2D eigenvalue weighted by Crippen LogP contribution is 2.44. The summed E-state index contributed by atoms with van der Waals surface area (Å²) >= 11 is 2.30. The van der Waals surface area contributed by atoms with Crippen LogP contribution in [0.25, 0.3) is 20.2 Å². The molecule has 0 aliphatic carbocycles. The topological polar surface area (TPSA) is 40.6 Å². The third kappa shape index (κ3) is 2.87. The van der Waals surface area contributed by atoms with Crippen molar-refractivity contribution in [1.82, 2.24) is 4.98 Å². The molecule has 3 aromatic rings. The molecule has 0 spiro atoms. The largest absolute Gasteiger partial charge is 0.497 e. The molecule has 0 N–H and O–H groups in total. The van der Waals surface area contributed by atoms with Crippen LogP contribution in [0.2, 0.25) is 0 Å². The van der Waals surface area contributed by atoms with Crippen molar-refractivity contribution in [3.05, 3.63) is 71.4 Å². The second kappa shape index (κ2) is 6.65. The van der Waals surface area contributed by atoms with Gasteiger partial charge >= 0.3 is 0 Å². The molecule has 0 amide bonds. The molecular weight excluding hydrogens is 429 g/mol. The molecule has 0 fully saturated rings. The number of hydrogen-bond acceptors (Lipinski definition) is 4. The highest BCUT2D eigenvalue weighted by Gasteiger charge is 2.29. The molecule has 5 heteroatoms. The first-order valence-corrected chi connectivity index (χ1v) is 8.93. The van der Waals surface area contributed by atoms with Crippen LogP contribution in [0.15, 0.2) is 54.6 Å². The van der Waals surface area contributed by atoms with Crippen LogP contribution in [0.3, 0.4) is 0 Å². The summed E-state index contributed by atoms with van der Waals surface area (Å²) in [6.45, 7) is 0. The number of aromatic nitrogens is 1. The van der Waals surface area contributed by atoms with Crippen molar-refractivity contribution in [3.63, 3.8) is 0 Å². The maximum atomic E-state index is 6.14. The van der Waals surface area contributed by atoms with Gasteiger partial charge < -0.3 is 14.2 Å². The van der Waals surface area contributed by atoms with E-state index in [2.05, 4.69) is 28.7 Å². The van der Waals surface area contributed by atoms with Gasteiger partial charge in [0.2, 0.25) is 6.29 Å². The van der Waals surface area contributed by atoms with Crippen molar-refractivity contribution in [2.24, 2.45) is 0 Å². The van der Waals surface area contributed by atoms with Gasteiger partial charge in [-0.3, -0.25) is 0 Å². The molecule has 4 rings (SSSR count). The van der Waals surface area contributed by atoms with E-state index in [1.165, 1.54) is 0 Å². The molecule has 0 radical (unpaired) electrons. The summed E-state index contributed by atoms with van der Waals surface area (Å²) < 4.78 is 18.0. The molecule has 0 saturated heterocycles. The quantitative estimate of drug-likeness (QED) is 0.521. The Balaban J connectivity index is 1.94. The predicted molar refractivity (Wildman–Crippen MR) is 106 cm³/mol. The summed E-state index contributed by atoms with van der Waals surface area (Å²) in [5, 5.41) is 0.996. The van der Waals surface area contributed by atoms with Crippen molar-refractivity contribution in [2.45, 2.75) is 6.29 Å². The van der Waals surface area contributed by atoms with E-state index < -0.39 is 6.29 Å². The Morgan fingerprint density at radius 1 is 1.04 bits per heavy atom. The van der Waals surface area contributed by atoms with Crippen LogP contribution in [0.1, 0.15) is 23.1 Å². The van der Waals surface area contributed by atoms with Crippen molar-refractivity contribution in [1.29, 1.82) is 0 Å². The van der Waals surface area contributed by atoms with Crippen LogP contribution in [0.4, 0.5) is 0 Å². The second-order valence-corrected chi connectivity index (χ2v) is 6.76. The monoisotopic (exact) mass is 445 g/mol. The molecule has 2 aromatic carbocycles. The van der Waals surface area contributed by atoms with Gasteiger partial charge in [-0.25, -0.2) is 4.98 Å². The summed E-state index contributed by atoms with van der Waals surface area (Å²) in [4.78, 5) is 4.87. The minimum absolute atomic E-state index is 0.494. The lowest BCUT2D eigenvalue weighted by Gasteiger charge is -2.28. The fourth-order valence-electron chi connectivity index (χ4n) is 2.94. The van der Waals surface area contributed by atoms with Gasteiger partial charge in [0, 0.05) is 23.6 Å². The smallest absolute Gasteiger partial charge is 0.228 e. The van der Waals surface area contributed by atoms with Gasteiger partial charge in [-0.05, 0) is 46.9 Å². The van der Waals surface area contributed by atoms with E-state index in [9.17, 15) is 0 Å². The molecule has 1 atom stereocenters. The highest BCUT2D eigenvalue weighted by atomic mass is 127. The van der Waals surface area contributed by atoms with Crippen LogP contribution < -0.4 is 4.74 Å². The van der Waals surface area contributed by atoms with Crippen molar-refractivity contribution in [3.8, 4) is 5.75 Å². The molecule has 1 aromatic heterocycles. The number of methoxy groups -OCH3 is 2. The first kappa shape index (κ1) is 16.4. The van der Waals surface area contributed by atoms with Crippen LogP contribution in [-0.4, -0.2) is 19.2 Å². The minimum atomic E-state index is -0.494. The summed E-state index contributed by atoms with van der Waals surface area (Å²) in [5.41, 5.74) is 3.75. The Hall–Kier alpha value is -2.12. The van der Waals surface area contributed by atoms with E-state index in [1.54, 1.807) is 14.2 Å². The van der Waals surface area contributed by atoms with Crippen LogP contribution >= 0.6 is 22.6 Å². The SMILES string of the molecule is COc1ccc2nc3c(cc2c1)C(OC)OC(c1ccccc1)=C3I. The minimum Gasteiger partial charge on any atom is -0.497 e. The summed E-state index contributed by atoms with van der Waals surface area (Å²) in [5.74, 6) is 1.59. The van der Waals surface area contributed by atoms with Crippen LogP contribution in [-0.2, 0) is 9.47 Å². The van der Waals surface area contributed by atoms with E-state index in [-0.39, 0.29) is 0 Å². The third-order valence-electron chi connectivity index (χ3n) is 4.19.